The van der Waals surface area contributed by atoms with Crippen molar-refractivity contribution in [3.63, 3.8) is 0 Å². The molecule has 0 fully saturated rings. The maximum Gasteiger partial charge on any atom is 0.164 e. The number of fused-ring (bicyclic) bond motifs is 2. The van der Waals surface area contributed by atoms with Gasteiger partial charge in [-0.2, -0.15) is 0 Å². The third-order valence-electron chi connectivity index (χ3n) is 11.2. The van der Waals surface area contributed by atoms with Crippen molar-refractivity contribution < 1.29 is 0 Å². The third kappa shape index (κ3) is 6.26. The monoisotopic (exact) mass is 767 g/mol. The summed E-state index contributed by atoms with van der Waals surface area (Å²) in [6.07, 6.45) is 0. The second-order valence-corrected chi connectivity index (χ2v) is 14.9. The molecule has 1 aliphatic heterocycles. The van der Waals surface area contributed by atoms with Crippen LogP contribution in [0.3, 0.4) is 0 Å². The van der Waals surface area contributed by atoms with Gasteiger partial charge in [0.15, 0.2) is 17.5 Å². The quantitative estimate of drug-likeness (QED) is 0.154. The molecule has 0 N–H and O–H groups in total. The Labute approximate surface area is 349 Å². The molecule has 60 heavy (non-hydrogen) atoms. The average molecular weight is 768 g/mol. The zero-order valence-corrected chi connectivity index (χ0v) is 32.6. The fourth-order valence-electron chi connectivity index (χ4n) is 8.44. The van der Waals surface area contributed by atoms with Gasteiger partial charge in [-0.05, 0) is 82.7 Å². The molecule has 11 rings (SSSR count). The van der Waals surface area contributed by atoms with Crippen LogP contribution in [0.5, 0.6) is 0 Å². The van der Waals surface area contributed by atoms with Gasteiger partial charge in [0.1, 0.15) is 0 Å². The van der Waals surface area contributed by atoms with Crippen molar-refractivity contribution in [1.29, 1.82) is 0 Å². The number of benzene rings is 9. The highest BCUT2D eigenvalue weighted by Crippen LogP contribution is 2.54. The number of nitrogens with zero attached hydrogens (tertiary/aromatic N) is 5. The number of hydrogen-bond acceptors (Lipinski definition) is 5. The third-order valence-corrected chi connectivity index (χ3v) is 11.2. The van der Waals surface area contributed by atoms with Crippen molar-refractivity contribution >= 4 is 44.9 Å². The van der Waals surface area contributed by atoms with Gasteiger partial charge in [-0.1, -0.05) is 164 Å². The number of hydrogen-bond donors (Lipinski definition) is 0. The minimum Gasteiger partial charge on any atom is -0.310 e. The predicted molar refractivity (Wildman–Crippen MR) is 247 cm³/mol. The molecular formula is C55H37N5. The van der Waals surface area contributed by atoms with E-state index in [4.69, 9.17) is 15.0 Å². The Bertz CT molecular complexity index is 3060. The lowest BCUT2D eigenvalue weighted by Gasteiger charge is -2.35. The van der Waals surface area contributed by atoms with Gasteiger partial charge in [0.05, 0.1) is 11.4 Å². The Kier molecular flexibility index (Phi) is 8.75. The number of rotatable bonds is 8. The van der Waals surface area contributed by atoms with Gasteiger partial charge in [-0.15, -0.1) is 0 Å². The van der Waals surface area contributed by atoms with Crippen LogP contribution in [0.15, 0.2) is 224 Å². The highest BCUT2D eigenvalue weighted by molar-refractivity contribution is 6.17. The summed E-state index contributed by atoms with van der Waals surface area (Å²) in [7, 11) is 0. The summed E-state index contributed by atoms with van der Waals surface area (Å²) in [4.78, 5) is 20.0. The SMILES string of the molecule is c1ccc(-c2ccc(N(c3ccccc3)c3ccc4c(c3)N(c3ccccc3)c3ccc(-c5nc(-c6ccccc6)nc(-c6ccccc6)n5)c5cccc-4c35)cc2)cc1. The van der Waals surface area contributed by atoms with Crippen LogP contribution in [0.4, 0.5) is 34.1 Å². The number of para-hydroxylation sites is 2. The molecule has 0 atom stereocenters. The molecule has 1 aromatic heterocycles. The number of aromatic nitrogens is 3. The molecule has 1 aliphatic rings. The van der Waals surface area contributed by atoms with Gasteiger partial charge in [0.25, 0.3) is 0 Å². The van der Waals surface area contributed by atoms with Gasteiger partial charge in [-0.25, -0.2) is 15.0 Å². The molecule has 5 heteroatoms. The normalized spacial score (nSPS) is 11.6. The topological polar surface area (TPSA) is 45.2 Å². The van der Waals surface area contributed by atoms with Crippen molar-refractivity contribution in [2.24, 2.45) is 0 Å². The largest absolute Gasteiger partial charge is 0.310 e. The van der Waals surface area contributed by atoms with E-state index >= 15 is 0 Å². The van der Waals surface area contributed by atoms with E-state index in [-0.39, 0.29) is 0 Å². The fourth-order valence-corrected chi connectivity index (χ4v) is 8.44. The van der Waals surface area contributed by atoms with Crippen LogP contribution in [0.25, 0.3) is 67.2 Å². The first-order valence-electron chi connectivity index (χ1n) is 20.2. The Balaban J connectivity index is 1.10. The van der Waals surface area contributed by atoms with Crippen molar-refractivity contribution in [1.82, 2.24) is 15.0 Å². The molecule has 0 saturated carbocycles. The van der Waals surface area contributed by atoms with Gasteiger partial charge >= 0.3 is 0 Å². The summed E-state index contributed by atoms with van der Waals surface area (Å²) >= 11 is 0. The van der Waals surface area contributed by atoms with Crippen LogP contribution in [-0.4, -0.2) is 15.0 Å². The molecule has 0 unspecified atom stereocenters. The molecule has 9 aromatic carbocycles. The van der Waals surface area contributed by atoms with Gasteiger partial charge in [0, 0.05) is 50.4 Å². The molecule has 0 saturated heterocycles. The average Bonchev–Trinajstić information content (AvgIpc) is 3.33. The highest BCUT2D eigenvalue weighted by atomic mass is 15.2. The lowest BCUT2D eigenvalue weighted by Crippen LogP contribution is -2.17. The minimum absolute atomic E-state index is 0.635. The van der Waals surface area contributed by atoms with Crippen LogP contribution in [0.1, 0.15) is 0 Å². The Hall–Kier alpha value is -8.15. The molecule has 0 aliphatic carbocycles. The molecule has 0 bridgehead atoms. The zero-order chi connectivity index (χ0) is 39.8. The molecule has 282 valence electrons. The van der Waals surface area contributed by atoms with Crippen LogP contribution < -0.4 is 9.80 Å². The van der Waals surface area contributed by atoms with Gasteiger partial charge < -0.3 is 9.80 Å². The lowest BCUT2D eigenvalue weighted by molar-refractivity contribution is 1.08. The van der Waals surface area contributed by atoms with E-state index in [0.29, 0.717) is 17.5 Å². The summed E-state index contributed by atoms with van der Waals surface area (Å²) in [5.74, 6) is 1.92. The summed E-state index contributed by atoms with van der Waals surface area (Å²) in [6, 6.07) is 78.8. The summed E-state index contributed by atoms with van der Waals surface area (Å²) < 4.78 is 0. The highest BCUT2D eigenvalue weighted by Gasteiger charge is 2.29. The summed E-state index contributed by atoms with van der Waals surface area (Å²) in [6.45, 7) is 0. The molecule has 10 aromatic rings. The van der Waals surface area contributed by atoms with E-state index in [0.717, 1.165) is 72.7 Å². The van der Waals surface area contributed by atoms with Gasteiger partial charge in [-0.3, -0.25) is 0 Å². The fraction of sp³-hybridized carbons (Fsp3) is 0. The molecular weight excluding hydrogens is 731 g/mol. The van der Waals surface area contributed by atoms with Crippen molar-refractivity contribution in [3.05, 3.63) is 224 Å². The van der Waals surface area contributed by atoms with E-state index in [1.807, 2.05) is 60.7 Å². The van der Waals surface area contributed by atoms with E-state index in [1.165, 1.54) is 11.1 Å². The van der Waals surface area contributed by atoms with E-state index < -0.39 is 0 Å². The Morgan fingerprint density at radius 2 is 0.817 bits per heavy atom. The van der Waals surface area contributed by atoms with Crippen LogP contribution in [0, 0.1) is 0 Å². The Morgan fingerprint density at radius 3 is 1.45 bits per heavy atom. The second kappa shape index (κ2) is 15.0. The predicted octanol–water partition coefficient (Wildman–Crippen LogP) is 14.6. The van der Waals surface area contributed by atoms with Crippen molar-refractivity contribution in [2.75, 3.05) is 9.80 Å². The summed E-state index contributed by atoms with van der Waals surface area (Å²) in [5, 5.41) is 2.23. The first kappa shape index (κ1) is 35.0. The van der Waals surface area contributed by atoms with E-state index in [2.05, 4.69) is 174 Å². The lowest BCUT2D eigenvalue weighted by atomic mass is 9.88. The van der Waals surface area contributed by atoms with Crippen LogP contribution >= 0.6 is 0 Å². The molecule has 5 nitrogen and oxygen atoms in total. The van der Waals surface area contributed by atoms with E-state index in [1.54, 1.807) is 0 Å². The molecule has 2 heterocycles. The standard InChI is InChI=1S/C55H37N5/c1-6-17-38(18-7-1)39-29-31-44(32-30-39)59(42-23-12-4-13-24-42)45-33-34-46-47-27-16-28-48-49(35-36-50(52(47)48)60(51(46)37-45)43-25-14-5-15-26-43)55-57-53(40-19-8-2-9-20-40)56-54(58-55)41-21-10-3-11-22-41/h1-37H. The minimum atomic E-state index is 0.635. The molecule has 0 radical (unpaired) electrons. The Morgan fingerprint density at radius 1 is 0.317 bits per heavy atom. The maximum absolute atomic E-state index is 5.14. The van der Waals surface area contributed by atoms with Gasteiger partial charge in [0.2, 0.25) is 0 Å². The maximum atomic E-state index is 5.14. The molecule has 0 spiro atoms. The first-order chi connectivity index (χ1) is 29.8. The second-order valence-electron chi connectivity index (χ2n) is 14.9. The van der Waals surface area contributed by atoms with Crippen molar-refractivity contribution in [2.45, 2.75) is 0 Å². The number of anilines is 6. The van der Waals surface area contributed by atoms with Crippen LogP contribution in [0.2, 0.25) is 0 Å². The smallest absolute Gasteiger partial charge is 0.164 e. The zero-order valence-electron chi connectivity index (χ0n) is 32.6. The first-order valence-corrected chi connectivity index (χ1v) is 20.2. The molecule has 0 amide bonds. The van der Waals surface area contributed by atoms with Crippen LogP contribution in [-0.2, 0) is 0 Å². The summed E-state index contributed by atoms with van der Waals surface area (Å²) in [5.41, 5.74) is 14.0. The van der Waals surface area contributed by atoms with Crippen molar-refractivity contribution in [3.8, 4) is 56.4 Å². The van der Waals surface area contributed by atoms with E-state index in [9.17, 15) is 0 Å².